The minimum absolute atomic E-state index is 0.237. The highest BCUT2D eigenvalue weighted by atomic mass is 16.5. The molecule has 2 rings (SSSR count). The van der Waals surface area contributed by atoms with Gasteiger partial charge in [0.2, 0.25) is 5.91 Å². The van der Waals surface area contributed by atoms with Crippen LogP contribution in [0.1, 0.15) is 20.7 Å². The molecule has 7 nitrogen and oxygen atoms in total. The van der Waals surface area contributed by atoms with Gasteiger partial charge in [0, 0.05) is 5.56 Å². The van der Waals surface area contributed by atoms with Gasteiger partial charge in [0.05, 0.1) is 24.9 Å². The van der Waals surface area contributed by atoms with E-state index in [1.807, 2.05) is 0 Å². The normalized spacial score (nSPS) is 9.88. The van der Waals surface area contributed by atoms with Gasteiger partial charge in [0.25, 0.3) is 11.8 Å². The van der Waals surface area contributed by atoms with E-state index in [1.165, 1.54) is 7.11 Å². The fourth-order valence-corrected chi connectivity index (χ4v) is 1.99. The predicted molar refractivity (Wildman–Crippen MR) is 88.9 cm³/mol. The highest BCUT2D eigenvalue weighted by molar-refractivity contribution is 6.09. The summed E-state index contributed by atoms with van der Waals surface area (Å²) in [5.41, 5.74) is 5.99. The van der Waals surface area contributed by atoms with E-state index in [4.69, 9.17) is 10.5 Å². The monoisotopic (exact) mass is 327 g/mol. The third-order valence-corrected chi connectivity index (χ3v) is 3.20. The largest absolute Gasteiger partial charge is 0.497 e. The first-order valence-corrected chi connectivity index (χ1v) is 7.12. The van der Waals surface area contributed by atoms with E-state index in [1.54, 1.807) is 48.5 Å². The number of amides is 3. The van der Waals surface area contributed by atoms with Crippen LogP contribution in [-0.4, -0.2) is 31.4 Å². The fraction of sp³-hybridized carbons (Fsp3) is 0.118. The maximum absolute atomic E-state index is 12.3. The van der Waals surface area contributed by atoms with E-state index in [-0.39, 0.29) is 18.0 Å². The van der Waals surface area contributed by atoms with Crippen molar-refractivity contribution in [2.75, 3.05) is 19.0 Å². The number of hydrogen-bond donors (Lipinski definition) is 3. The smallest absolute Gasteiger partial charge is 0.255 e. The van der Waals surface area contributed by atoms with Gasteiger partial charge in [0.15, 0.2) is 0 Å². The Morgan fingerprint density at radius 1 is 1.00 bits per heavy atom. The number of para-hydroxylation sites is 1. The molecule has 0 unspecified atom stereocenters. The Balaban J connectivity index is 2.15. The number of carbonyl (C=O) groups excluding carboxylic acids is 3. The first-order chi connectivity index (χ1) is 11.5. The third-order valence-electron chi connectivity index (χ3n) is 3.20. The zero-order valence-electron chi connectivity index (χ0n) is 13.0. The van der Waals surface area contributed by atoms with Crippen LogP contribution >= 0.6 is 0 Å². The molecule has 2 aromatic carbocycles. The second-order valence-electron chi connectivity index (χ2n) is 4.88. The summed E-state index contributed by atoms with van der Waals surface area (Å²) in [4.78, 5) is 35.1. The number of ether oxygens (including phenoxy) is 1. The summed E-state index contributed by atoms with van der Waals surface area (Å²) in [6.45, 7) is -0.278. The molecule has 7 heteroatoms. The van der Waals surface area contributed by atoms with Crippen LogP contribution in [0.2, 0.25) is 0 Å². The Labute approximate surface area is 138 Å². The van der Waals surface area contributed by atoms with Crippen LogP contribution < -0.4 is 21.1 Å². The SMILES string of the molecule is COc1ccc(C(=O)Nc2ccccc2C(=O)NCC(N)=O)cc1. The van der Waals surface area contributed by atoms with Crippen molar-refractivity contribution >= 4 is 23.4 Å². The molecule has 0 atom stereocenters. The molecule has 0 spiro atoms. The molecule has 2 aromatic rings. The van der Waals surface area contributed by atoms with Crippen molar-refractivity contribution in [3.05, 3.63) is 59.7 Å². The van der Waals surface area contributed by atoms with Crippen molar-refractivity contribution in [1.82, 2.24) is 5.32 Å². The molecule has 0 fully saturated rings. The lowest BCUT2D eigenvalue weighted by molar-refractivity contribution is -0.117. The van der Waals surface area contributed by atoms with Gasteiger partial charge < -0.3 is 21.1 Å². The summed E-state index contributed by atoms with van der Waals surface area (Å²) in [7, 11) is 1.54. The summed E-state index contributed by atoms with van der Waals surface area (Å²) < 4.78 is 5.04. The fourth-order valence-electron chi connectivity index (χ4n) is 1.99. The molecule has 0 saturated carbocycles. The number of anilines is 1. The zero-order valence-corrected chi connectivity index (χ0v) is 13.0. The minimum Gasteiger partial charge on any atom is -0.497 e. The molecule has 124 valence electrons. The molecule has 0 saturated heterocycles. The third kappa shape index (κ3) is 4.33. The standard InChI is InChI=1S/C17H17N3O4/c1-24-12-8-6-11(7-9-12)16(22)20-14-5-3-2-4-13(14)17(23)19-10-15(18)21/h2-9H,10H2,1H3,(H2,18,21)(H,19,23)(H,20,22). The van der Waals surface area contributed by atoms with E-state index in [2.05, 4.69) is 10.6 Å². The van der Waals surface area contributed by atoms with Crippen LogP contribution in [0.5, 0.6) is 5.75 Å². The van der Waals surface area contributed by atoms with Crippen LogP contribution in [0.4, 0.5) is 5.69 Å². The minimum atomic E-state index is -0.650. The number of rotatable bonds is 6. The molecule has 0 bridgehead atoms. The van der Waals surface area contributed by atoms with Crippen molar-refractivity contribution in [2.45, 2.75) is 0 Å². The first-order valence-electron chi connectivity index (χ1n) is 7.12. The van der Waals surface area contributed by atoms with Gasteiger partial charge in [-0.15, -0.1) is 0 Å². The van der Waals surface area contributed by atoms with E-state index < -0.39 is 11.8 Å². The number of nitrogens with two attached hydrogens (primary N) is 1. The molecule has 0 aromatic heterocycles. The number of benzene rings is 2. The van der Waals surface area contributed by atoms with Crippen LogP contribution in [0.3, 0.4) is 0 Å². The Morgan fingerprint density at radius 3 is 2.29 bits per heavy atom. The quantitative estimate of drug-likeness (QED) is 0.739. The van der Waals surface area contributed by atoms with Crippen molar-refractivity contribution in [3.8, 4) is 5.75 Å². The van der Waals surface area contributed by atoms with Gasteiger partial charge in [-0.3, -0.25) is 14.4 Å². The Morgan fingerprint density at radius 2 is 1.67 bits per heavy atom. The van der Waals surface area contributed by atoms with Crippen LogP contribution in [0, 0.1) is 0 Å². The molecular formula is C17H17N3O4. The van der Waals surface area contributed by atoms with Gasteiger partial charge in [-0.1, -0.05) is 12.1 Å². The maximum atomic E-state index is 12.3. The molecule has 4 N–H and O–H groups in total. The number of carbonyl (C=O) groups is 3. The lowest BCUT2D eigenvalue weighted by atomic mass is 10.1. The summed E-state index contributed by atoms with van der Waals surface area (Å²) in [5, 5.41) is 5.06. The first kappa shape index (κ1) is 17.0. The molecule has 0 aliphatic heterocycles. The molecule has 0 heterocycles. The lowest BCUT2D eigenvalue weighted by Gasteiger charge is -2.11. The Hall–Kier alpha value is -3.35. The highest BCUT2D eigenvalue weighted by Crippen LogP contribution is 2.17. The van der Waals surface area contributed by atoms with Gasteiger partial charge >= 0.3 is 0 Å². The summed E-state index contributed by atoms with van der Waals surface area (Å²) in [6.07, 6.45) is 0. The highest BCUT2D eigenvalue weighted by Gasteiger charge is 2.14. The molecule has 0 aliphatic rings. The number of hydrogen-bond acceptors (Lipinski definition) is 4. The van der Waals surface area contributed by atoms with Crippen molar-refractivity contribution in [3.63, 3.8) is 0 Å². The maximum Gasteiger partial charge on any atom is 0.255 e. The number of methoxy groups -OCH3 is 1. The molecule has 0 radical (unpaired) electrons. The van der Waals surface area contributed by atoms with Gasteiger partial charge in [0.1, 0.15) is 5.75 Å². The van der Waals surface area contributed by atoms with Crippen LogP contribution in [0.25, 0.3) is 0 Å². The Kier molecular flexibility index (Phi) is 5.51. The van der Waals surface area contributed by atoms with E-state index in [0.717, 1.165) is 0 Å². The second kappa shape index (κ2) is 7.77. The van der Waals surface area contributed by atoms with Crippen LogP contribution in [-0.2, 0) is 4.79 Å². The van der Waals surface area contributed by atoms with Crippen molar-refractivity contribution in [2.24, 2.45) is 5.73 Å². The lowest BCUT2D eigenvalue weighted by Crippen LogP contribution is -2.33. The van der Waals surface area contributed by atoms with Crippen molar-refractivity contribution in [1.29, 1.82) is 0 Å². The molecule has 0 aliphatic carbocycles. The molecule has 24 heavy (non-hydrogen) atoms. The van der Waals surface area contributed by atoms with E-state index in [9.17, 15) is 14.4 Å². The van der Waals surface area contributed by atoms with Crippen molar-refractivity contribution < 1.29 is 19.1 Å². The second-order valence-corrected chi connectivity index (χ2v) is 4.88. The summed E-state index contributed by atoms with van der Waals surface area (Å²) in [6, 6.07) is 13.0. The molecule has 3 amide bonds. The van der Waals surface area contributed by atoms with E-state index >= 15 is 0 Å². The van der Waals surface area contributed by atoms with Crippen LogP contribution in [0.15, 0.2) is 48.5 Å². The summed E-state index contributed by atoms with van der Waals surface area (Å²) >= 11 is 0. The topological polar surface area (TPSA) is 111 Å². The Bertz CT molecular complexity index is 757. The van der Waals surface area contributed by atoms with Gasteiger partial charge in [-0.25, -0.2) is 0 Å². The zero-order chi connectivity index (χ0) is 17.5. The van der Waals surface area contributed by atoms with Gasteiger partial charge in [-0.2, -0.15) is 0 Å². The number of primary amides is 1. The predicted octanol–water partition coefficient (Wildman–Crippen LogP) is 1.16. The summed E-state index contributed by atoms with van der Waals surface area (Å²) in [5.74, 6) is -0.881. The molecular weight excluding hydrogens is 310 g/mol. The number of nitrogens with one attached hydrogen (secondary N) is 2. The average molecular weight is 327 g/mol. The van der Waals surface area contributed by atoms with E-state index in [0.29, 0.717) is 17.0 Å². The van der Waals surface area contributed by atoms with Gasteiger partial charge in [-0.05, 0) is 36.4 Å². The average Bonchev–Trinajstić information content (AvgIpc) is 2.60.